The van der Waals surface area contributed by atoms with Crippen LogP contribution in [0.25, 0.3) is 0 Å². The number of nitrogens with one attached hydrogen (secondary N) is 2. The molecule has 3 aromatic rings. The van der Waals surface area contributed by atoms with Crippen molar-refractivity contribution in [3.8, 4) is 5.75 Å². The van der Waals surface area contributed by atoms with E-state index < -0.39 is 17.6 Å². The fraction of sp³-hybridized carbons (Fsp3) is 0.267. The SMILES string of the molecule is C=CC[C@]1(C(=O)NNCCc2ccc(F)cc2)N=C(c2ccc(OCCCO)cc2)O[C@H]1c1ccc(Cl)cc1Cl. The summed E-state index contributed by atoms with van der Waals surface area (Å²) in [6, 6.07) is 18.3. The maximum atomic E-state index is 13.8. The molecular formula is C30H30Cl2FN3O4. The van der Waals surface area contributed by atoms with Gasteiger partial charge in [0.2, 0.25) is 5.90 Å². The van der Waals surface area contributed by atoms with E-state index in [2.05, 4.69) is 17.4 Å². The summed E-state index contributed by atoms with van der Waals surface area (Å²) in [6.07, 6.45) is 2.00. The molecule has 1 aliphatic heterocycles. The fourth-order valence-corrected chi connectivity index (χ4v) is 4.84. The number of hydrogen-bond donors (Lipinski definition) is 3. The van der Waals surface area contributed by atoms with E-state index in [4.69, 9.17) is 42.8 Å². The van der Waals surface area contributed by atoms with Gasteiger partial charge in [0.15, 0.2) is 11.6 Å². The average Bonchev–Trinajstić information content (AvgIpc) is 3.33. The Labute approximate surface area is 242 Å². The minimum absolute atomic E-state index is 0.0475. The van der Waals surface area contributed by atoms with Gasteiger partial charge in [0, 0.05) is 47.2 Å². The Bertz CT molecular complexity index is 1350. The molecule has 0 aromatic heterocycles. The van der Waals surface area contributed by atoms with Gasteiger partial charge in [-0.25, -0.2) is 14.8 Å². The number of aliphatic hydroxyl groups excluding tert-OH is 1. The molecule has 0 radical (unpaired) electrons. The van der Waals surface area contributed by atoms with Gasteiger partial charge in [-0.2, -0.15) is 0 Å². The molecule has 40 heavy (non-hydrogen) atoms. The second-order valence-corrected chi connectivity index (χ2v) is 10.0. The maximum absolute atomic E-state index is 13.8. The van der Waals surface area contributed by atoms with E-state index in [1.165, 1.54) is 12.1 Å². The lowest BCUT2D eigenvalue weighted by atomic mass is 9.84. The number of carbonyl (C=O) groups is 1. The van der Waals surface area contributed by atoms with Crippen LogP contribution in [-0.4, -0.2) is 42.2 Å². The first-order valence-electron chi connectivity index (χ1n) is 12.8. The van der Waals surface area contributed by atoms with Crippen LogP contribution >= 0.6 is 23.2 Å². The first-order chi connectivity index (χ1) is 19.4. The third-order valence-electron chi connectivity index (χ3n) is 6.38. The molecule has 0 fully saturated rings. The third kappa shape index (κ3) is 7.01. The van der Waals surface area contributed by atoms with E-state index in [-0.39, 0.29) is 24.7 Å². The van der Waals surface area contributed by atoms with Crippen molar-refractivity contribution in [2.75, 3.05) is 19.8 Å². The lowest BCUT2D eigenvalue weighted by Crippen LogP contribution is -2.52. The standard InChI is InChI=1S/C30H30Cl2FN3O4/c1-2-15-30(29(38)36-34-16-14-20-4-9-23(33)10-5-20)27(25-13-8-22(31)19-26(25)32)40-28(35-30)21-6-11-24(12-7-21)39-18-3-17-37/h2,4-13,19,27,34,37H,1,3,14-18H2,(H,36,38)/t27-,30-/m0/s1. The van der Waals surface area contributed by atoms with Gasteiger partial charge in [-0.3, -0.25) is 10.2 Å². The molecule has 0 aliphatic carbocycles. The maximum Gasteiger partial charge on any atom is 0.266 e. The summed E-state index contributed by atoms with van der Waals surface area (Å²) in [5.74, 6) is 0.165. The van der Waals surface area contributed by atoms with Gasteiger partial charge in [-0.1, -0.05) is 47.5 Å². The predicted molar refractivity (Wildman–Crippen MR) is 154 cm³/mol. The van der Waals surface area contributed by atoms with Crippen LogP contribution in [0, 0.1) is 5.82 Å². The number of benzene rings is 3. The molecule has 1 amide bonds. The minimum Gasteiger partial charge on any atom is -0.494 e. The number of ether oxygens (including phenoxy) is 2. The number of carbonyl (C=O) groups excluding carboxylic acids is 1. The van der Waals surface area contributed by atoms with Crippen molar-refractivity contribution in [1.82, 2.24) is 10.9 Å². The van der Waals surface area contributed by atoms with E-state index in [1.54, 1.807) is 60.7 Å². The van der Waals surface area contributed by atoms with Crippen LogP contribution in [-0.2, 0) is 16.0 Å². The minimum atomic E-state index is -1.42. The first-order valence-corrected chi connectivity index (χ1v) is 13.6. The van der Waals surface area contributed by atoms with Gasteiger partial charge < -0.3 is 14.6 Å². The highest BCUT2D eigenvalue weighted by Gasteiger charge is 2.53. The first kappa shape index (κ1) is 29.6. The molecule has 4 rings (SSSR count). The third-order valence-corrected chi connectivity index (χ3v) is 6.95. The number of hydrazine groups is 1. The van der Waals surface area contributed by atoms with Crippen LogP contribution in [0.4, 0.5) is 4.39 Å². The molecule has 0 bridgehead atoms. The Balaban J connectivity index is 1.59. The summed E-state index contributed by atoms with van der Waals surface area (Å²) in [6.45, 7) is 4.70. The summed E-state index contributed by atoms with van der Waals surface area (Å²) in [7, 11) is 0. The largest absolute Gasteiger partial charge is 0.494 e. The van der Waals surface area contributed by atoms with Gasteiger partial charge in [-0.15, -0.1) is 6.58 Å². The average molecular weight is 586 g/mol. The summed E-state index contributed by atoms with van der Waals surface area (Å²) >= 11 is 12.7. The molecule has 1 aliphatic rings. The van der Waals surface area contributed by atoms with Crippen LogP contribution in [0.15, 0.2) is 84.4 Å². The van der Waals surface area contributed by atoms with Crippen LogP contribution in [0.5, 0.6) is 5.75 Å². The van der Waals surface area contributed by atoms with Crippen LogP contribution in [0.3, 0.4) is 0 Å². The van der Waals surface area contributed by atoms with E-state index >= 15 is 0 Å². The second-order valence-electron chi connectivity index (χ2n) is 9.21. The number of nitrogens with zero attached hydrogens (tertiary/aromatic N) is 1. The zero-order chi connectivity index (χ0) is 28.5. The van der Waals surface area contributed by atoms with E-state index in [0.717, 1.165) is 5.56 Å². The van der Waals surface area contributed by atoms with Gasteiger partial charge in [-0.05, 0) is 60.5 Å². The second kappa shape index (κ2) is 13.8. The summed E-state index contributed by atoms with van der Waals surface area (Å²) < 4.78 is 25.2. The van der Waals surface area contributed by atoms with E-state index in [0.29, 0.717) is 52.9 Å². The molecular weight excluding hydrogens is 556 g/mol. The Morgan fingerprint density at radius 2 is 1.90 bits per heavy atom. The molecule has 210 valence electrons. The van der Waals surface area contributed by atoms with Crippen molar-refractivity contribution in [2.24, 2.45) is 4.99 Å². The summed E-state index contributed by atoms with van der Waals surface area (Å²) in [5, 5.41) is 9.76. The number of halogens is 3. The topological polar surface area (TPSA) is 92.2 Å². The number of hydrogen-bond acceptors (Lipinski definition) is 6. The Kier molecular flexibility index (Phi) is 10.2. The Morgan fingerprint density at radius 1 is 1.15 bits per heavy atom. The van der Waals surface area contributed by atoms with Gasteiger partial charge in [0.05, 0.1) is 6.61 Å². The van der Waals surface area contributed by atoms with Crippen LogP contribution in [0.1, 0.15) is 35.6 Å². The normalized spacial score (nSPS) is 18.1. The number of aliphatic imine (C=N–C) groups is 1. The van der Waals surface area contributed by atoms with Crippen LogP contribution < -0.4 is 15.6 Å². The quantitative estimate of drug-likeness (QED) is 0.138. The molecule has 1 heterocycles. The molecule has 0 saturated carbocycles. The van der Waals surface area contributed by atoms with Gasteiger partial charge >= 0.3 is 0 Å². The van der Waals surface area contributed by atoms with E-state index in [1.807, 2.05) is 0 Å². The zero-order valence-electron chi connectivity index (χ0n) is 21.7. The number of aliphatic hydroxyl groups is 1. The highest BCUT2D eigenvalue weighted by molar-refractivity contribution is 6.35. The molecule has 10 heteroatoms. The summed E-state index contributed by atoms with van der Waals surface area (Å²) in [4.78, 5) is 18.6. The van der Waals surface area contributed by atoms with Gasteiger partial charge in [0.25, 0.3) is 5.91 Å². The molecule has 0 unspecified atom stereocenters. The van der Waals surface area contributed by atoms with Crippen molar-refractivity contribution < 1.29 is 23.8 Å². The molecule has 3 aromatic carbocycles. The molecule has 0 saturated heterocycles. The van der Waals surface area contributed by atoms with Crippen LogP contribution in [0.2, 0.25) is 10.0 Å². The highest BCUT2D eigenvalue weighted by atomic mass is 35.5. The van der Waals surface area contributed by atoms with Crippen molar-refractivity contribution in [2.45, 2.75) is 30.9 Å². The zero-order valence-corrected chi connectivity index (χ0v) is 23.2. The Morgan fingerprint density at radius 3 is 2.58 bits per heavy atom. The van der Waals surface area contributed by atoms with Crippen molar-refractivity contribution in [3.63, 3.8) is 0 Å². The van der Waals surface area contributed by atoms with Crippen molar-refractivity contribution in [1.29, 1.82) is 0 Å². The monoisotopic (exact) mass is 585 g/mol. The van der Waals surface area contributed by atoms with Crippen molar-refractivity contribution in [3.05, 3.63) is 112 Å². The Hall–Kier alpha value is -3.43. The molecule has 3 N–H and O–H groups in total. The number of rotatable bonds is 13. The molecule has 7 nitrogen and oxygen atoms in total. The number of amides is 1. The van der Waals surface area contributed by atoms with Crippen molar-refractivity contribution >= 4 is 35.0 Å². The summed E-state index contributed by atoms with van der Waals surface area (Å²) in [5.41, 5.74) is 6.41. The molecule has 0 spiro atoms. The van der Waals surface area contributed by atoms with Gasteiger partial charge in [0.1, 0.15) is 11.6 Å². The predicted octanol–water partition coefficient (Wildman–Crippen LogP) is 5.59. The fourth-order valence-electron chi connectivity index (χ4n) is 4.34. The highest BCUT2D eigenvalue weighted by Crippen LogP contribution is 2.45. The molecule has 2 atom stereocenters. The lowest BCUT2D eigenvalue weighted by molar-refractivity contribution is -0.129. The lowest BCUT2D eigenvalue weighted by Gasteiger charge is -2.30. The smallest absolute Gasteiger partial charge is 0.266 e. The van der Waals surface area contributed by atoms with E-state index in [9.17, 15) is 9.18 Å².